The molecule has 58 valence electrons. The van der Waals surface area contributed by atoms with E-state index in [1.165, 1.54) is 5.56 Å². The Labute approximate surface area is 98.2 Å². The monoisotopic (exact) mass is 184 g/mol. The second kappa shape index (κ2) is 4.42. The van der Waals surface area contributed by atoms with Gasteiger partial charge >= 0.3 is 29.6 Å². The first-order valence-corrected chi connectivity index (χ1v) is 6.42. The van der Waals surface area contributed by atoms with Crippen molar-refractivity contribution in [2.45, 2.75) is 12.1 Å². The molecule has 0 nitrogen and oxygen atoms in total. The van der Waals surface area contributed by atoms with Crippen molar-refractivity contribution < 1.29 is 0 Å². The maximum atomic E-state index is 2.37. The van der Waals surface area contributed by atoms with E-state index >= 15 is 0 Å². The summed E-state index contributed by atoms with van der Waals surface area (Å²) in [5, 5.41) is 0. The van der Waals surface area contributed by atoms with Gasteiger partial charge < -0.3 is 0 Å². The van der Waals surface area contributed by atoms with Crippen LogP contribution in [0.15, 0.2) is 30.3 Å². The molecule has 0 radical (unpaired) electrons. The first-order chi connectivity index (χ1) is 5.42. The molecule has 1 aliphatic rings. The average molecular weight is 184 g/mol. The van der Waals surface area contributed by atoms with Gasteiger partial charge in [0.05, 0.1) is 0 Å². The van der Waals surface area contributed by atoms with E-state index in [9.17, 15) is 0 Å². The molecule has 12 heavy (non-hydrogen) atoms. The Balaban J connectivity index is 0.000000720. The number of hydrogen-bond donors (Lipinski definition) is 0. The van der Waals surface area contributed by atoms with Gasteiger partial charge in [0.25, 0.3) is 0 Å². The molecule has 0 aromatic heterocycles. The van der Waals surface area contributed by atoms with E-state index in [-0.39, 0.29) is 39.1 Å². The van der Waals surface area contributed by atoms with Crippen LogP contribution >= 0.6 is 0 Å². The van der Waals surface area contributed by atoms with Crippen molar-refractivity contribution in [1.82, 2.24) is 0 Å². The Bertz CT molecular complexity index is 294. The van der Waals surface area contributed by atoms with Crippen molar-refractivity contribution in [2.24, 2.45) is 0 Å². The Hall–Kier alpha value is 0.177. The molecule has 0 saturated heterocycles. The SMILES string of the molecule is C[SiH2]C1C=Cc2ccccc21.[NaH]. The van der Waals surface area contributed by atoms with E-state index in [1.807, 2.05) is 0 Å². The molecule has 0 N–H and O–H groups in total. The van der Waals surface area contributed by atoms with Gasteiger partial charge in [0.15, 0.2) is 0 Å². The van der Waals surface area contributed by atoms with Gasteiger partial charge in [-0.3, -0.25) is 0 Å². The number of rotatable bonds is 1. The van der Waals surface area contributed by atoms with Gasteiger partial charge in [0.1, 0.15) is 0 Å². The third-order valence-electron chi connectivity index (χ3n) is 2.34. The summed E-state index contributed by atoms with van der Waals surface area (Å²) in [5.74, 6) is 0. The summed E-state index contributed by atoms with van der Waals surface area (Å²) in [7, 11) is 0.0950. The van der Waals surface area contributed by atoms with E-state index in [0.717, 1.165) is 5.54 Å². The standard InChI is InChI=1S/C10H12Si.Na.H/c1-11-10-7-6-8-4-2-3-5-9(8)10;;/h2-7,10H,11H2,1H3;;. The number of fused-ring (bicyclic) bond motifs is 1. The van der Waals surface area contributed by atoms with Gasteiger partial charge in [-0.15, -0.1) is 0 Å². The number of benzene rings is 1. The quantitative estimate of drug-likeness (QED) is 0.578. The Morgan fingerprint density at radius 2 is 2.00 bits per heavy atom. The normalized spacial score (nSPS) is 19.6. The molecule has 1 aromatic rings. The van der Waals surface area contributed by atoms with E-state index in [2.05, 4.69) is 43.0 Å². The van der Waals surface area contributed by atoms with Crippen molar-refractivity contribution in [2.75, 3.05) is 0 Å². The maximum absolute atomic E-state index is 2.37. The Morgan fingerprint density at radius 3 is 2.75 bits per heavy atom. The van der Waals surface area contributed by atoms with Gasteiger partial charge in [-0.2, -0.15) is 0 Å². The van der Waals surface area contributed by atoms with Crippen LogP contribution in [0, 0.1) is 0 Å². The average Bonchev–Trinajstić information content (AvgIpc) is 2.47. The fourth-order valence-corrected chi connectivity index (χ4v) is 2.90. The van der Waals surface area contributed by atoms with Crippen molar-refractivity contribution in [3.05, 3.63) is 41.5 Å². The summed E-state index contributed by atoms with van der Waals surface area (Å²) in [6, 6.07) is 8.72. The van der Waals surface area contributed by atoms with Crippen LogP contribution in [0.4, 0.5) is 0 Å². The molecular formula is C10H13NaSi. The predicted molar refractivity (Wildman–Crippen MR) is 59.8 cm³/mol. The number of hydrogen-bond acceptors (Lipinski definition) is 0. The summed E-state index contributed by atoms with van der Waals surface area (Å²) in [5.41, 5.74) is 3.81. The molecule has 0 bridgehead atoms. The van der Waals surface area contributed by atoms with Crippen LogP contribution in [0.1, 0.15) is 16.7 Å². The zero-order valence-corrected chi connectivity index (χ0v) is 8.16. The zero-order chi connectivity index (χ0) is 7.68. The van der Waals surface area contributed by atoms with Crippen LogP contribution in [0.2, 0.25) is 6.55 Å². The molecule has 2 rings (SSSR count). The van der Waals surface area contributed by atoms with Crippen LogP contribution < -0.4 is 0 Å². The third kappa shape index (κ3) is 1.74. The van der Waals surface area contributed by atoms with E-state index < -0.39 is 0 Å². The summed E-state index contributed by atoms with van der Waals surface area (Å²) in [4.78, 5) is 0. The van der Waals surface area contributed by atoms with Crippen LogP contribution in [0.3, 0.4) is 0 Å². The van der Waals surface area contributed by atoms with Crippen LogP contribution in [0.25, 0.3) is 6.08 Å². The van der Waals surface area contributed by atoms with Crippen molar-refractivity contribution in [3.8, 4) is 0 Å². The molecular weight excluding hydrogens is 171 g/mol. The molecule has 0 fully saturated rings. The van der Waals surface area contributed by atoms with Crippen LogP contribution in [0.5, 0.6) is 0 Å². The van der Waals surface area contributed by atoms with Gasteiger partial charge in [-0.1, -0.05) is 43.0 Å². The molecule has 0 spiro atoms. The van der Waals surface area contributed by atoms with Crippen LogP contribution in [-0.2, 0) is 0 Å². The second-order valence-electron chi connectivity index (χ2n) is 3.00. The van der Waals surface area contributed by atoms with Gasteiger partial charge in [0.2, 0.25) is 0 Å². The first kappa shape index (κ1) is 10.3. The summed E-state index contributed by atoms with van der Waals surface area (Å²) in [6.45, 7) is 2.37. The Kier molecular flexibility index (Phi) is 3.78. The third-order valence-corrected chi connectivity index (χ3v) is 3.94. The molecule has 1 unspecified atom stereocenters. The molecule has 0 heterocycles. The molecule has 1 aliphatic carbocycles. The summed E-state index contributed by atoms with van der Waals surface area (Å²) in [6.07, 6.45) is 4.62. The molecule has 1 aromatic carbocycles. The molecule has 0 aliphatic heterocycles. The second-order valence-corrected chi connectivity index (χ2v) is 4.70. The van der Waals surface area contributed by atoms with E-state index in [0.29, 0.717) is 0 Å². The minimum atomic E-state index is 0. The predicted octanol–water partition coefficient (Wildman–Crippen LogP) is 1.32. The molecule has 2 heteroatoms. The Morgan fingerprint density at radius 1 is 1.25 bits per heavy atom. The van der Waals surface area contributed by atoms with Crippen molar-refractivity contribution >= 4 is 45.2 Å². The van der Waals surface area contributed by atoms with Crippen LogP contribution in [-0.4, -0.2) is 39.1 Å². The van der Waals surface area contributed by atoms with Crippen molar-refractivity contribution in [3.63, 3.8) is 0 Å². The summed E-state index contributed by atoms with van der Waals surface area (Å²) < 4.78 is 0. The fraction of sp³-hybridized carbons (Fsp3) is 0.200. The molecule has 0 amide bonds. The minimum absolute atomic E-state index is 0. The van der Waals surface area contributed by atoms with Gasteiger partial charge in [-0.25, -0.2) is 0 Å². The van der Waals surface area contributed by atoms with E-state index in [4.69, 9.17) is 0 Å². The fourth-order valence-electron chi connectivity index (χ4n) is 1.68. The molecule has 1 atom stereocenters. The van der Waals surface area contributed by atoms with Gasteiger partial charge in [0, 0.05) is 9.52 Å². The molecule has 0 saturated carbocycles. The van der Waals surface area contributed by atoms with Gasteiger partial charge in [-0.05, 0) is 16.7 Å². The summed E-state index contributed by atoms with van der Waals surface area (Å²) >= 11 is 0. The van der Waals surface area contributed by atoms with Crippen molar-refractivity contribution in [1.29, 1.82) is 0 Å². The zero-order valence-electron chi connectivity index (χ0n) is 6.75. The first-order valence-electron chi connectivity index (χ1n) is 4.19. The van der Waals surface area contributed by atoms with E-state index in [1.54, 1.807) is 5.56 Å². The topological polar surface area (TPSA) is 0 Å². The number of allylic oxidation sites excluding steroid dienone is 1.